The molecule has 0 N–H and O–H groups in total. The molecule has 0 aromatic heterocycles. The van der Waals surface area contributed by atoms with Crippen molar-refractivity contribution < 1.29 is 14.5 Å². The summed E-state index contributed by atoms with van der Waals surface area (Å²) in [7, 11) is 0. The smallest absolute Gasteiger partial charge is 0.268 e. The normalized spacial score (nSPS) is 15.9. The van der Waals surface area contributed by atoms with Crippen molar-refractivity contribution in [3.05, 3.63) is 80.2 Å². The minimum Gasteiger partial charge on any atom is -0.268 e. The van der Waals surface area contributed by atoms with Gasteiger partial charge in [-0.05, 0) is 30.3 Å². The van der Waals surface area contributed by atoms with Crippen LogP contribution in [0.15, 0.2) is 53.4 Å². The number of hydrogen-bond donors (Lipinski definition) is 0. The van der Waals surface area contributed by atoms with Gasteiger partial charge in [-0.25, -0.2) is 0 Å². The van der Waals surface area contributed by atoms with Crippen LogP contribution in [-0.4, -0.2) is 21.0 Å². The highest BCUT2D eigenvalue weighted by Gasteiger charge is 2.36. The van der Waals surface area contributed by atoms with Crippen molar-refractivity contribution in [1.82, 2.24) is 4.90 Å². The summed E-state index contributed by atoms with van der Waals surface area (Å²) in [5.74, 6) is -0.436. The van der Waals surface area contributed by atoms with Gasteiger partial charge in [0.1, 0.15) is 0 Å². The topological polar surface area (TPSA) is 80.5 Å². The molecule has 0 spiro atoms. The van der Waals surface area contributed by atoms with Crippen LogP contribution in [0.5, 0.6) is 0 Å². The molecule has 1 saturated heterocycles. The third-order valence-corrected chi connectivity index (χ3v) is 4.67. The Labute approximate surface area is 148 Å². The van der Waals surface area contributed by atoms with E-state index in [4.69, 9.17) is 0 Å². The van der Waals surface area contributed by atoms with Gasteiger partial charge < -0.3 is 0 Å². The summed E-state index contributed by atoms with van der Waals surface area (Å²) in [6, 6.07) is 13.7. The Balaban J connectivity index is 1.85. The lowest BCUT2D eigenvalue weighted by atomic mass is 10.1. The molecule has 126 valence electrons. The van der Waals surface area contributed by atoms with Gasteiger partial charge in [0.25, 0.3) is 16.8 Å². The summed E-state index contributed by atoms with van der Waals surface area (Å²) in [6.07, 6.45) is 1.66. The van der Waals surface area contributed by atoms with E-state index in [0.29, 0.717) is 10.5 Å². The number of carbonyl (C=O) groups is 2. The number of nitro groups is 1. The number of thioether (sulfide) groups is 1. The molecular formula is C18H14N2O4S. The largest absolute Gasteiger partial charge is 0.293 e. The van der Waals surface area contributed by atoms with E-state index >= 15 is 0 Å². The molecule has 2 aromatic rings. The number of hydrogen-bond acceptors (Lipinski definition) is 5. The predicted octanol–water partition coefficient (Wildman–Crippen LogP) is 4.14. The molecule has 3 rings (SSSR count). The fourth-order valence-corrected chi connectivity index (χ4v) is 3.28. The average molecular weight is 354 g/mol. The van der Waals surface area contributed by atoms with Crippen LogP contribution in [0.25, 0.3) is 6.08 Å². The van der Waals surface area contributed by atoms with Crippen LogP contribution in [0, 0.1) is 17.0 Å². The summed E-state index contributed by atoms with van der Waals surface area (Å²) in [5.41, 5.74) is 2.14. The molecule has 0 unspecified atom stereocenters. The molecule has 1 aliphatic rings. The highest BCUT2D eigenvalue weighted by Crippen LogP contribution is 2.34. The van der Waals surface area contributed by atoms with Crippen molar-refractivity contribution in [3.63, 3.8) is 0 Å². The standard InChI is InChI=1S/C18H14N2O4S/c1-12-6-8-13(9-7-12)10-16-17(21)19(18(22)25-16)11-14-4-2-3-5-15(14)20(23)24/h2-10H,11H2,1H3/b16-10-. The van der Waals surface area contributed by atoms with E-state index in [9.17, 15) is 19.7 Å². The molecule has 7 heteroatoms. The maximum atomic E-state index is 12.5. The van der Waals surface area contributed by atoms with E-state index in [-0.39, 0.29) is 12.2 Å². The van der Waals surface area contributed by atoms with Crippen LogP contribution in [0.3, 0.4) is 0 Å². The molecule has 2 amide bonds. The van der Waals surface area contributed by atoms with E-state index in [1.54, 1.807) is 24.3 Å². The van der Waals surface area contributed by atoms with Gasteiger partial charge in [0.05, 0.1) is 16.4 Å². The molecule has 1 aliphatic heterocycles. The molecule has 1 fully saturated rings. The van der Waals surface area contributed by atoms with Crippen molar-refractivity contribution in [2.45, 2.75) is 13.5 Å². The van der Waals surface area contributed by atoms with Gasteiger partial charge >= 0.3 is 0 Å². The first kappa shape index (κ1) is 16.9. The molecular weight excluding hydrogens is 340 g/mol. The number of nitrogens with zero attached hydrogens (tertiary/aromatic N) is 2. The predicted molar refractivity (Wildman–Crippen MR) is 95.8 cm³/mol. The first-order chi connectivity index (χ1) is 12.0. The highest BCUT2D eigenvalue weighted by atomic mass is 32.2. The molecule has 0 aliphatic carbocycles. The minimum absolute atomic E-state index is 0.107. The quantitative estimate of drug-likeness (QED) is 0.468. The summed E-state index contributed by atoms with van der Waals surface area (Å²) in [4.78, 5) is 36.6. The second-order valence-corrected chi connectivity index (χ2v) is 6.56. The van der Waals surface area contributed by atoms with Crippen LogP contribution >= 0.6 is 11.8 Å². The third-order valence-electron chi connectivity index (χ3n) is 3.77. The van der Waals surface area contributed by atoms with Crippen LogP contribution in [0.1, 0.15) is 16.7 Å². The number of amides is 2. The zero-order chi connectivity index (χ0) is 18.0. The molecule has 0 bridgehead atoms. The maximum Gasteiger partial charge on any atom is 0.293 e. The number of rotatable bonds is 4. The van der Waals surface area contributed by atoms with Gasteiger partial charge in [0.2, 0.25) is 0 Å². The Morgan fingerprint density at radius 3 is 2.48 bits per heavy atom. The van der Waals surface area contributed by atoms with Crippen LogP contribution in [0.2, 0.25) is 0 Å². The van der Waals surface area contributed by atoms with Gasteiger partial charge in [-0.1, -0.05) is 48.0 Å². The molecule has 6 nitrogen and oxygen atoms in total. The lowest BCUT2D eigenvalue weighted by Crippen LogP contribution is -2.27. The van der Waals surface area contributed by atoms with Gasteiger partial charge in [-0.3, -0.25) is 24.6 Å². The Morgan fingerprint density at radius 1 is 1.12 bits per heavy atom. The van der Waals surface area contributed by atoms with Gasteiger partial charge in [-0.2, -0.15) is 0 Å². The van der Waals surface area contributed by atoms with Crippen LogP contribution in [-0.2, 0) is 11.3 Å². The fraction of sp³-hybridized carbons (Fsp3) is 0.111. The Hall–Kier alpha value is -2.93. The first-order valence-corrected chi connectivity index (χ1v) is 8.31. The van der Waals surface area contributed by atoms with Crippen molar-refractivity contribution >= 4 is 34.7 Å². The number of benzene rings is 2. The molecule has 2 aromatic carbocycles. The second kappa shape index (κ2) is 6.90. The lowest BCUT2D eigenvalue weighted by molar-refractivity contribution is -0.385. The molecule has 25 heavy (non-hydrogen) atoms. The van der Waals surface area contributed by atoms with E-state index in [0.717, 1.165) is 27.8 Å². The second-order valence-electron chi connectivity index (χ2n) is 5.56. The van der Waals surface area contributed by atoms with Gasteiger partial charge in [0, 0.05) is 11.6 Å². The zero-order valence-electron chi connectivity index (χ0n) is 13.3. The van der Waals surface area contributed by atoms with Crippen molar-refractivity contribution in [1.29, 1.82) is 0 Å². The van der Waals surface area contributed by atoms with Crippen LogP contribution in [0.4, 0.5) is 10.5 Å². The summed E-state index contributed by atoms with van der Waals surface area (Å²) in [5, 5.41) is 10.7. The number of carbonyl (C=O) groups excluding carboxylic acids is 2. The average Bonchev–Trinajstić information content (AvgIpc) is 2.85. The fourth-order valence-electron chi connectivity index (χ4n) is 2.44. The van der Waals surface area contributed by atoms with E-state index in [1.165, 1.54) is 6.07 Å². The van der Waals surface area contributed by atoms with Gasteiger partial charge in [0.15, 0.2) is 0 Å². The number of aryl methyl sites for hydroxylation is 1. The van der Waals surface area contributed by atoms with Crippen molar-refractivity contribution in [2.24, 2.45) is 0 Å². The van der Waals surface area contributed by atoms with Gasteiger partial charge in [-0.15, -0.1) is 0 Å². The Bertz CT molecular complexity index is 890. The SMILES string of the molecule is Cc1ccc(/C=C2\SC(=O)N(Cc3ccccc3[N+](=O)[O-])C2=O)cc1. The van der Waals surface area contributed by atoms with E-state index in [2.05, 4.69) is 0 Å². The zero-order valence-corrected chi connectivity index (χ0v) is 14.2. The molecule has 1 heterocycles. The highest BCUT2D eigenvalue weighted by molar-refractivity contribution is 8.18. The Morgan fingerprint density at radius 2 is 1.80 bits per heavy atom. The first-order valence-electron chi connectivity index (χ1n) is 7.50. The number of imide groups is 1. The Kier molecular flexibility index (Phi) is 4.67. The van der Waals surface area contributed by atoms with E-state index < -0.39 is 16.1 Å². The van der Waals surface area contributed by atoms with E-state index in [1.807, 2.05) is 31.2 Å². The summed E-state index contributed by atoms with van der Waals surface area (Å²) >= 11 is 0.843. The summed E-state index contributed by atoms with van der Waals surface area (Å²) in [6.45, 7) is 1.84. The molecule has 0 saturated carbocycles. The summed E-state index contributed by atoms with van der Waals surface area (Å²) < 4.78 is 0. The monoisotopic (exact) mass is 354 g/mol. The third kappa shape index (κ3) is 3.61. The number of para-hydroxylation sites is 1. The molecule has 0 radical (unpaired) electrons. The molecule has 0 atom stereocenters. The maximum absolute atomic E-state index is 12.5. The van der Waals surface area contributed by atoms with Crippen molar-refractivity contribution in [3.8, 4) is 0 Å². The number of nitro benzene ring substituents is 1. The van der Waals surface area contributed by atoms with Crippen LogP contribution < -0.4 is 0 Å². The van der Waals surface area contributed by atoms with Crippen molar-refractivity contribution in [2.75, 3.05) is 0 Å². The lowest BCUT2D eigenvalue weighted by Gasteiger charge is -2.12. The minimum atomic E-state index is -0.517.